The van der Waals surface area contributed by atoms with Crippen LogP contribution in [-0.2, 0) is 9.84 Å². The number of halogens is 6. The van der Waals surface area contributed by atoms with Crippen LogP contribution in [0.15, 0.2) is 23.3 Å². The minimum absolute atomic E-state index is 0.0539. The molecule has 0 bridgehead atoms. The topological polar surface area (TPSA) is 34.1 Å². The van der Waals surface area contributed by atoms with Crippen LogP contribution >= 0.6 is 0 Å². The summed E-state index contributed by atoms with van der Waals surface area (Å²) in [6, 6.07) is 0. The second-order valence-electron chi connectivity index (χ2n) is 3.86. The van der Waals surface area contributed by atoms with Crippen LogP contribution < -0.4 is 0 Å². The quantitative estimate of drug-likeness (QED) is 0.697. The van der Waals surface area contributed by atoms with Crippen molar-refractivity contribution < 1.29 is 34.8 Å². The molecular formula is C9H8F6O2S. The molecule has 0 fully saturated rings. The lowest BCUT2D eigenvalue weighted by atomic mass is 9.98. The highest BCUT2D eigenvalue weighted by Gasteiger charge is 2.43. The van der Waals surface area contributed by atoms with Crippen molar-refractivity contribution >= 4 is 9.84 Å². The molecule has 1 aliphatic carbocycles. The van der Waals surface area contributed by atoms with Gasteiger partial charge in [-0.1, -0.05) is 6.08 Å². The SMILES string of the molecule is CS(=O)(=O)C1C=C(C(F)(F)F)C=C(C(F)(F)F)C1. The Labute approximate surface area is 98.9 Å². The fraction of sp³-hybridized carbons (Fsp3) is 0.556. The molecule has 1 aliphatic rings. The van der Waals surface area contributed by atoms with E-state index < -0.39 is 45.0 Å². The molecule has 0 saturated heterocycles. The van der Waals surface area contributed by atoms with Gasteiger partial charge in [-0.2, -0.15) is 26.3 Å². The minimum Gasteiger partial charge on any atom is -0.229 e. The first-order chi connectivity index (χ1) is 7.82. The van der Waals surface area contributed by atoms with E-state index in [2.05, 4.69) is 0 Å². The lowest BCUT2D eigenvalue weighted by molar-refractivity contribution is -0.0985. The largest absolute Gasteiger partial charge is 0.416 e. The van der Waals surface area contributed by atoms with E-state index in [1.165, 1.54) is 0 Å². The fourth-order valence-electron chi connectivity index (χ4n) is 1.42. The first-order valence-electron chi connectivity index (χ1n) is 4.57. The van der Waals surface area contributed by atoms with Gasteiger partial charge in [0.2, 0.25) is 0 Å². The van der Waals surface area contributed by atoms with Gasteiger partial charge in [-0.15, -0.1) is 0 Å². The van der Waals surface area contributed by atoms with E-state index in [1.807, 2.05) is 0 Å². The van der Waals surface area contributed by atoms with Crippen LogP contribution in [0, 0.1) is 0 Å². The van der Waals surface area contributed by atoms with Gasteiger partial charge >= 0.3 is 12.4 Å². The van der Waals surface area contributed by atoms with Crippen molar-refractivity contribution in [2.45, 2.75) is 24.0 Å². The van der Waals surface area contributed by atoms with Gasteiger partial charge in [-0.05, 0) is 12.5 Å². The van der Waals surface area contributed by atoms with Crippen molar-refractivity contribution in [1.82, 2.24) is 0 Å². The van der Waals surface area contributed by atoms with E-state index in [-0.39, 0.29) is 6.08 Å². The molecule has 0 aromatic carbocycles. The summed E-state index contributed by atoms with van der Waals surface area (Å²) in [5.74, 6) is 0. The van der Waals surface area contributed by atoms with Gasteiger partial charge in [0.1, 0.15) is 0 Å². The van der Waals surface area contributed by atoms with Crippen molar-refractivity contribution in [3.63, 3.8) is 0 Å². The number of sulfone groups is 1. The summed E-state index contributed by atoms with van der Waals surface area (Å²) in [5, 5.41) is -1.81. The van der Waals surface area contributed by atoms with Crippen molar-refractivity contribution in [3.8, 4) is 0 Å². The third-order valence-corrected chi connectivity index (χ3v) is 3.76. The lowest BCUT2D eigenvalue weighted by Crippen LogP contribution is -2.29. The molecule has 0 heterocycles. The first kappa shape index (κ1) is 15.1. The van der Waals surface area contributed by atoms with Crippen LogP contribution in [0.25, 0.3) is 0 Å². The predicted octanol–water partition coefficient (Wildman–Crippen LogP) is 2.78. The van der Waals surface area contributed by atoms with E-state index in [0.29, 0.717) is 12.3 Å². The zero-order valence-electron chi connectivity index (χ0n) is 8.93. The minimum atomic E-state index is -5.01. The van der Waals surface area contributed by atoms with E-state index in [0.717, 1.165) is 0 Å². The molecule has 0 N–H and O–H groups in total. The van der Waals surface area contributed by atoms with Crippen LogP contribution in [0.3, 0.4) is 0 Å². The van der Waals surface area contributed by atoms with E-state index in [9.17, 15) is 34.8 Å². The molecule has 0 saturated carbocycles. The standard InChI is InChI=1S/C9H8F6O2S/c1-18(16,17)7-3-5(8(10,11)12)2-6(4-7)9(13,14)15/h2-3,7H,4H2,1H3. The van der Waals surface area contributed by atoms with Gasteiger partial charge < -0.3 is 0 Å². The number of allylic oxidation sites excluding steroid dienone is 3. The Morgan fingerprint density at radius 2 is 1.61 bits per heavy atom. The lowest BCUT2D eigenvalue weighted by Gasteiger charge is -2.23. The molecule has 0 aromatic heterocycles. The number of rotatable bonds is 1. The zero-order valence-corrected chi connectivity index (χ0v) is 9.75. The van der Waals surface area contributed by atoms with Crippen LogP contribution in [0.1, 0.15) is 6.42 Å². The molecule has 0 aliphatic heterocycles. The second-order valence-corrected chi connectivity index (χ2v) is 6.12. The highest BCUT2D eigenvalue weighted by Crippen LogP contribution is 2.39. The van der Waals surface area contributed by atoms with Crippen LogP contribution in [0.4, 0.5) is 26.3 Å². The number of hydrogen-bond donors (Lipinski definition) is 0. The summed E-state index contributed by atoms with van der Waals surface area (Å²) in [6.07, 6.45) is -10.1. The molecule has 2 nitrogen and oxygen atoms in total. The maximum absolute atomic E-state index is 12.4. The molecule has 18 heavy (non-hydrogen) atoms. The smallest absolute Gasteiger partial charge is 0.229 e. The number of alkyl halides is 6. The van der Waals surface area contributed by atoms with Gasteiger partial charge in [0.05, 0.1) is 10.8 Å². The van der Waals surface area contributed by atoms with E-state index in [1.54, 1.807) is 0 Å². The van der Waals surface area contributed by atoms with Gasteiger partial charge in [0, 0.05) is 11.8 Å². The Balaban J connectivity index is 3.30. The highest BCUT2D eigenvalue weighted by atomic mass is 32.2. The second kappa shape index (κ2) is 4.29. The Kier molecular flexibility index (Phi) is 3.59. The predicted molar refractivity (Wildman–Crippen MR) is 51.5 cm³/mol. The number of hydrogen-bond acceptors (Lipinski definition) is 2. The molecule has 0 amide bonds. The monoisotopic (exact) mass is 294 g/mol. The van der Waals surface area contributed by atoms with E-state index >= 15 is 0 Å². The maximum atomic E-state index is 12.4. The molecule has 1 atom stereocenters. The van der Waals surface area contributed by atoms with Crippen molar-refractivity contribution in [2.75, 3.05) is 6.26 Å². The molecule has 1 rings (SSSR count). The molecule has 1 unspecified atom stereocenters. The van der Waals surface area contributed by atoms with Crippen molar-refractivity contribution in [2.24, 2.45) is 0 Å². The summed E-state index contributed by atoms with van der Waals surface area (Å²) >= 11 is 0. The molecule has 9 heteroatoms. The summed E-state index contributed by atoms with van der Waals surface area (Å²) < 4.78 is 96.6. The van der Waals surface area contributed by atoms with Crippen LogP contribution in [0.5, 0.6) is 0 Å². The Morgan fingerprint density at radius 1 is 1.11 bits per heavy atom. The summed E-state index contributed by atoms with van der Waals surface area (Å²) in [6.45, 7) is 0. The Morgan fingerprint density at radius 3 is 1.94 bits per heavy atom. The molecular weight excluding hydrogens is 286 g/mol. The first-order valence-corrected chi connectivity index (χ1v) is 6.53. The average Bonchev–Trinajstić information content (AvgIpc) is 2.13. The molecule has 0 spiro atoms. The Bertz CT molecular complexity index is 494. The average molecular weight is 294 g/mol. The van der Waals surface area contributed by atoms with Crippen LogP contribution in [-0.4, -0.2) is 32.3 Å². The van der Waals surface area contributed by atoms with Crippen LogP contribution in [0.2, 0.25) is 0 Å². The zero-order chi connectivity index (χ0) is 14.4. The van der Waals surface area contributed by atoms with Gasteiger partial charge in [-0.25, -0.2) is 8.42 Å². The summed E-state index contributed by atoms with van der Waals surface area (Å²) in [7, 11) is -4.03. The van der Waals surface area contributed by atoms with Gasteiger partial charge in [0.25, 0.3) is 0 Å². The maximum Gasteiger partial charge on any atom is 0.416 e. The molecule has 0 aromatic rings. The highest BCUT2D eigenvalue weighted by molar-refractivity contribution is 7.91. The third kappa shape index (κ3) is 3.50. The summed E-state index contributed by atoms with van der Waals surface area (Å²) in [5.41, 5.74) is -3.08. The van der Waals surface area contributed by atoms with E-state index in [4.69, 9.17) is 0 Å². The molecule has 104 valence electrons. The normalized spacial score (nSPS) is 22.5. The third-order valence-electron chi connectivity index (χ3n) is 2.36. The summed E-state index contributed by atoms with van der Waals surface area (Å²) in [4.78, 5) is 0. The Hall–Kier alpha value is -0.990. The van der Waals surface area contributed by atoms with Gasteiger partial charge in [0.15, 0.2) is 9.84 Å². The van der Waals surface area contributed by atoms with Crippen molar-refractivity contribution in [1.29, 1.82) is 0 Å². The van der Waals surface area contributed by atoms with Gasteiger partial charge in [-0.3, -0.25) is 0 Å². The van der Waals surface area contributed by atoms with Crippen molar-refractivity contribution in [3.05, 3.63) is 23.3 Å². The fourth-order valence-corrected chi connectivity index (χ4v) is 2.30. The molecule has 0 radical (unpaired) electrons.